The number of carbonyl (C=O) groups is 1. The maximum absolute atomic E-state index is 13.5. The number of rotatable bonds is 12. The largest absolute Gasteiger partial charge is 0.493 e. The van der Waals surface area contributed by atoms with Crippen molar-refractivity contribution in [3.8, 4) is 11.6 Å². The summed E-state index contributed by atoms with van der Waals surface area (Å²) in [5, 5.41) is 23.7. The van der Waals surface area contributed by atoms with Gasteiger partial charge in [-0.25, -0.2) is 31.9 Å². The Hall–Kier alpha value is -4.92. The number of anilines is 3. The Kier molecular flexibility index (Phi) is 8.82. The fourth-order valence-electron chi connectivity index (χ4n) is 5.33. The van der Waals surface area contributed by atoms with Crippen molar-refractivity contribution >= 4 is 33.4 Å². The van der Waals surface area contributed by atoms with Gasteiger partial charge in [-0.2, -0.15) is 4.98 Å². The Bertz CT molecular complexity index is 1870. The van der Waals surface area contributed by atoms with E-state index in [0.29, 0.717) is 43.0 Å². The van der Waals surface area contributed by atoms with Gasteiger partial charge in [0.25, 0.3) is 10.0 Å². The predicted molar refractivity (Wildman–Crippen MR) is 166 cm³/mol. The second-order valence-electron chi connectivity index (χ2n) is 10.6. The van der Waals surface area contributed by atoms with E-state index in [1.807, 2.05) is 18.7 Å². The molecule has 45 heavy (non-hydrogen) atoms. The molecular weight excluding hydrogens is 605 g/mol. The Morgan fingerprint density at radius 3 is 2.38 bits per heavy atom. The molecule has 0 fully saturated rings. The number of aromatic nitrogens is 4. The van der Waals surface area contributed by atoms with E-state index in [0.717, 1.165) is 35.0 Å². The molecule has 0 aliphatic carbocycles. The number of sulfonamides is 1. The first-order valence-corrected chi connectivity index (χ1v) is 15.9. The number of carboxylic acids is 1. The van der Waals surface area contributed by atoms with Crippen LogP contribution < -0.4 is 20.2 Å². The van der Waals surface area contributed by atoms with Crippen molar-refractivity contribution in [2.75, 3.05) is 34.7 Å². The first kappa shape index (κ1) is 31.5. The van der Waals surface area contributed by atoms with Crippen molar-refractivity contribution in [1.82, 2.24) is 19.1 Å². The van der Waals surface area contributed by atoms with Crippen LogP contribution in [0.15, 0.2) is 64.4 Å². The minimum Gasteiger partial charge on any atom is -0.493 e. The van der Waals surface area contributed by atoms with Crippen LogP contribution in [0.5, 0.6) is 5.88 Å². The molecule has 3 N–H and O–H groups in total. The first-order valence-electron chi connectivity index (χ1n) is 14.4. The number of fused-ring (bicyclic) bond motifs is 1. The molecular formula is C30H34FN7O6S. The molecule has 0 bridgehead atoms. The highest BCUT2D eigenvalue weighted by Crippen LogP contribution is 2.31. The van der Waals surface area contributed by atoms with Crippen LogP contribution in [0.25, 0.3) is 5.69 Å². The molecule has 0 unspecified atom stereocenters. The lowest BCUT2D eigenvalue weighted by atomic mass is 10.1. The van der Waals surface area contributed by atoms with Gasteiger partial charge in [0.05, 0.1) is 22.5 Å². The van der Waals surface area contributed by atoms with Crippen molar-refractivity contribution < 1.29 is 27.8 Å². The number of halogens is 1. The van der Waals surface area contributed by atoms with Gasteiger partial charge in [0.2, 0.25) is 11.8 Å². The summed E-state index contributed by atoms with van der Waals surface area (Å²) >= 11 is 0. The molecule has 1 aliphatic rings. The summed E-state index contributed by atoms with van der Waals surface area (Å²) in [5.41, 5.74) is 1.30. The fourth-order valence-corrected chi connectivity index (χ4v) is 6.52. The summed E-state index contributed by atoms with van der Waals surface area (Å²) in [7, 11) is -2.91. The highest BCUT2D eigenvalue weighted by atomic mass is 32.2. The van der Waals surface area contributed by atoms with Gasteiger partial charge in [-0.3, -0.25) is 8.87 Å². The van der Waals surface area contributed by atoms with Crippen LogP contribution in [0.2, 0.25) is 0 Å². The number of benzene rings is 2. The molecule has 0 spiro atoms. The minimum absolute atomic E-state index is 0.00608. The number of imidazole rings is 1. The topological polar surface area (TPSA) is 163 Å². The van der Waals surface area contributed by atoms with Crippen LogP contribution in [-0.4, -0.2) is 69.9 Å². The molecule has 13 nitrogen and oxygen atoms in total. The zero-order valence-electron chi connectivity index (χ0n) is 25.0. The van der Waals surface area contributed by atoms with E-state index in [1.54, 1.807) is 28.8 Å². The number of nitrogens with zero attached hydrogens (tertiary/aromatic N) is 6. The standard InChI is InChI=1S/C30H34FN7O6S/c1-4-36(5-2)29-32-18-25(35(3)45(43,44)22-14-10-20(31)11-15-22)26(34-29)33-23(28(40)41)17-19-8-12-21(13-9-19)38-27(39)24-7-6-16-37(24)30(38)42/h8-15,18,23,39H,4-7,16-17H2,1-3H3,(H,40,41)(H,32,33,34)/t23-/m0/s1. The third-order valence-corrected chi connectivity index (χ3v) is 9.66. The van der Waals surface area contributed by atoms with Gasteiger partial charge in [0.15, 0.2) is 5.82 Å². The van der Waals surface area contributed by atoms with Crippen molar-refractivity contribution in [1.29, 1.82) is 0 Å². The molecule has 0 saturated heterocycles. The summed E-state index contributed by atoms with van der Waals surface area (Å²) in [6.07, 6.45) is 2.68. The fraction of sp³-hybridized carbons (Fsp3) is 0.333. The molecule has 15 heteroatoms. The Morgan fingerprint density at radius 2 is 1.78 bits per heavy atom. The molecule has 0 saturated carbocycles. The average Bonchev–Trinajstić information content (AvgIpc) is 3.60. The third-order valence-electron chi connectivity index (χ3n) is 7.87. The van der Waals surface area contributed by atoms with E-state index in [2.05, 4.69) is 15.3 Å². The summed E-state index contributed by atoms with van der Waals surface area (Å²) in [5.74, 6) is -1.66. The monoisotopic (exact) mass is 639 g/mol. The number of hydrogen-bond donors (Lipinski definition) is 3. The number of aliphatic carboxylic acids is 1. The third kappa shape index (κ3) is 6.07. The van der Waals surface area contributed by atoms with Gasteiger partial charge in [0, 0.05) is 33.1 Å². The van der Waals surface area contributed by atoms with Gasteiger partial charge < -0.3 is 20.4 Å². The van der Waals surface area contributed by atoms with Crippen molar-refractivity contribution in [2.24, 2.45) is 0 Å². The number of hydrogen-bond acceptors (Lipinski definition) is 9. The first-order chi connectivity index (χ1) is 21.5. The van der Waals surface area contributed by atoms with Crippen LogP contribution >= 0.6 is 0 Å². The highest BCUT2D eigenvalue weighted by Gasteiger charge is 2.29. The maximum Gasteiger partial charge on any atom is 0.335 e. The van der Waals surface area contributed by atoms with Gasteiger partial charge in [-0.1, -0.05) is 12.1 Å². The highest BCUT2D eigenvalue weighted by molar-refractivity contribution is 7.92. The Balaban J connectivity index is 1.46. The van der Waals surface area contributed by atoms with E-state index in [-0.39, 0.29) is 40.3 Å². The Morgan fingerprint density at radius 1 is 1.11 bits per heavy atom. The van der Waals surface area contributed by atoms with Crippen LogP contribution in [0, 0.1) is 5.82 Å². The molecule has 1 aliphatic heterocycles. The van der Waals surface area contributed by atoms with Gasteiger partial charge in [-0.15, -0.1) is 0 Å². The molecule has 4 aromatic rings. The second-order valence-corrected chi connectivity index (χ2v) is 12.5. The SMILES string of the molecule is CCN(CC)c1ncc(N(C)S(=O)(=O)c2ccc(F)cc2)c(N[C@@H](Cc2ccc(-n3c(O)c4n(c3=O)CCC4)cc2)C(=O)O)n1. The van der Waals surface area contributed by atoms with Crippen LogP contribution in [0.4, 0.5) is 21.8 Å². The van der Waals surface area contributed by atoms with Gasteiger partial charge in [-0.05, 0) is 68.7 Å². The van der Waals surface area contributed by atoms with Crippen LogP contribution in [-0.2, 0) is 34.2 Å². The van der Waals surface area contributed by atoms with Gasteiger partial charge in [0.1, 0.15) is 17.5 Å². The van der Waals surface area contributed by atoms with E-state index in [9.17, 15) is 32.6 Å². The predicted octanol–water partition coefficient (Wildman–Crippen LogP) is 3.00. The normalized spacial score (nSPS) is 13.3. The minimum atomic E-state index is -4.19. The molecule has 0 radical (unpaired) electrons. The van der Waals surface area contributed by atoms with Gasteiger partial charge >= 0.3 is 11.7 Å². The lowest BCUT2D eigenvalue weighted by Crippen LogP contribution is -2.35. The molecule has 2 aromatic carbocycles. The number of aromatic hydroxyl groups is 1. The summed E-state index contributed by atoms with van der Waals surface area (Å²) < 4.78 is 44.1. The zero-order valence-corrected chi connectivity index (χ0v) is 25.8. The lowest BCUT2D eigenvalue weighted by molar-refractivity contribution is -0.137. The van der Waals surface area contributed by atoms with Crippen LogP contribution in [0.1, 0.15) is 31.5 Å². The number of carboxylic acid groups (broad SMARTS) is 1. The Labute approximate surface area is 259 Å². The molecule has 2 aromatic heterocycles. The lowest BCUT2D eigenvalue weighted by Gasteiger charge is -2.26. The molecule has 3 heterocycles. The maximum atomic E-state index is 13.5. The van der Waals surface area contributed by atoms with Crippen molar-refractivity contribution in [2.45, 2.75) is 50.6 Å². The van der Waals surface area contributed by atoms with Crippen molar-refractivity contribution in [3.05, 3.63) is 82.3 Å². The van der Waals surface area contributed by atoms with E-state index >= 15 is 0 Å². The van der Waals surface area contributed by atoms with Crippen LogP contribution in [0.3, 0.4) is 0 Å². The smallest absolute Gasteiger partial charge is 0.335 e. The average molecular weight is 640 g/mol. The molecule has 238 valence electrons. The molecule has 5 rings (SSSR count). The summed E-state index contributed by atoms with van der Waals surface area (Å²) in [6, 6.07) is 9.68. The van der Waals surface area contributed by atoms with Crippen molar-refractivity contribution in [3.63, 3.8) is 0 Å². The van der Waals surface area contributed by atoms with E-state index in [1.165, 1.54) is 17.8 Å². The number of nitrogens with one attached hydrogen (secondary N) is 1. The zero-order chi connectivity index (χ0) is 32.5. The summed E-state index contributed by atoms with van der Waals surface area (Å²) in [6.45, 7) is 5.45. The quantitative estimate of drug-likeness (QED) is 0.210. The summed E-state index contributed by atoms with van der Waals surface area (Å²) in [4.78, 5) is 35.8. The second kappa shape index (κ2) is 12.6. The molecule has 0 amide bonds. The van der Waals surface area contributed by atoms with E-state index in [4.69, 9.17) is 0 Å². The van der Waals surface area contributed by atoms with E-state index < -0.39 is 27.9 Å². The molecule has 1 atom stereocenters.